The Hall–Kier alpha value is -1.65. The highest BCUT2D eigenvalue weighted by Gasteiger charge is 2.16. The number of nitrogens with zero attached hydrogens (tertiary/aromatic N) is 3. The zero-order valence-electron chi connectivity index (χ0n) is 10.9. The van der Waals surface area contributed by atoms with Crippen LogP contribution >= 0.6 is 0 Å². The van der Waals surface area contributed by atoms with Gasteiger partial charge in [0, 0.05) is 19.3 Å². The summed E-state index contributed by atoms with van der Waals surface area (Å²) in [6.45, 7) is 5.57. The molecule has 18 heavy (non-hydrogen) atoms. The van der Waals surface area contributed by atoms with Crippen LogP contribution in [0, 0.1) is 0 Å². The second kappa shape index (κ2) is 5.80. The van der Waals surface area contributed by atoms with Gasteiger partial charge in [-0.3, -0.25) is 0 Å². The molecule has 0 bridgehead atoms. The van der Waals surface area contributed by atoms with Gasteiger partial charge in [-0.25, -0.2) is 14.8 Å². The van der Waals surface area contributed by atoms with E-state index in [-0.39, 0.29) is 12.1 Å². The van der Waals surface area contributed by atoms with Gasteiger partial charge in [0.1, 0.15) is 0 Å². The Balaban J connectivity index is 2.11. The second-order valence-corrected chi connectivity index (χ2v) is 4.74. The van der Waals surface area contributed by atoms with Crippen LogP contribution in [0.3, 0.4) is 0 Å². The fraction of sp³-hybridized carbons (Fsp3) is 0.615. The van der Waals surface area contributed by atoms with Gasteiger partial charge in [0.2, 0.25) is 5.95 Å². The maximum atomic E-state index is 11.8. The van der Waals surface area contributed by atoms with E-state index in [0.29, 0.717) is 11.6 Å². The summed E-state index contributed by atoms with van der Waals surface area (Å²) in [6, 6.07) is 1.60. The number of anilines is 1. The SMILES string of the molecule is CC(C)OC(=O)c1ccnc(N2CCCCC2)n1. The highest BCUT2D eigenvalue weighted by Crippen LogP contribution is 2.15. The number of carbonyl (C=O) groups excluding carboxylic acids is 1. The molecule has 2 rings (SSSR count). The molecule has 0 aliphatic carbocycles. The van der Waals surface area contributed by atoms with Crippen LogP contribution in [0.4, 0.5) is 5.95 Å². The van der Waals surface area contributed by atoms with Crippen LogP contribution in [0.1, 0.15) is 43.6 Å². The quantitative estimate of drug-likeness (QED) is 0.767. The molecular weight excluding hydrogens is 230 g/mol. The molecule has 0 radical (unpaired) electrons. The summed E-state index contributed by atoms with van der Waals surface area (Å²) < 4.78 is 5.13. The fourth-order valence-corrected chi connectivity index (χ4v) is 1.98. The molecule has 5 nitrogen and oxygen atoms in total. The Morgan fingerprint density at radius 2 is 2.06 bits per heavy atom. The summed E-state index contributed by atoms with van der Waals surface area (Å²) in [6.07, 6.45) is 5.05. The molecule has 1 aromatic heterocycles. The predicted molar refractivity (Wildman–Crippen MR) is 68.6 cm³/mol. The van der Waals surface area contributed by atoms with Gasteiger partial charge < -0.3 is 9.64 Å². The van der Waals surface area contributed by atoms with Crippen molar-refractivity contribution in [2.75, 3.05) is 18.0 Å². The zero-order valence-corrected chi connectivity index (χ0v) is 10.9. The molecule has 0 aromatic carbocycles. The van der Waals surface area contributed by atoms with Crippen LogP contribution < -0.4 is 4.90 Å². The van der Waals surface area contributed by atoms with Crippen molar-refractivity contribution in [1.29, 1.82) is 0 Å². The van der Waals surface area contributed by atoms with E-state index in [1.807, 2.05) is 13.8 Å². The van der Waals surface area contributed by atoms with Gasteiger partial charge in [0.25, 0.3) is 0 Å². The van der Waals surface area contributed by atoms with Crippen molar-refractivity contribution in [3.05, 3.63) is 18.0 Å². The molecule has 98 valence electrons. The van der Waals surface area contributed by atoms with Gasteiger partial charge in [-0.1, -0.05) is 0 Å². The molecule has 0 spiro atoms. The van der Waals surface area contributed by atoms with E-state index in [0.717, 1.165) is 25.9 Å². The van der Waals surface area contributed by atoms with Crippen LogP contribution in [-0.2, 0) is 4.74 Å². The summed E-state index contributed by atoms with van der Waals surface area (Å²) in [5.41, 5.74) is 0.333. The van der Waals surface area contributed by atoms with E-state index in [9.17, 15) is 4.79 Å². The number of hydrogen-bond acceptors (Lipinski definition) is 5. The lowest BCUT2D eigenvalue weighted by Crippen LogP contribution is -2.31. The summed E-state index contributed by atoms with van der Waals surface area (Å²) in [4.78, 5) is 22.4. The molecule has 0 saturated carbocycles. The molecule has 0 amide bonds. The van der Waals surface area contributed by atoms with Gasteiger partial charge in [-0.15, -0.1) is 0 Å². The molecule has 5 heteroatoms. The molecule has 0 N–H and O–H groups in total. The van der Waals surface area contributed by atoms with E-state index < -0.39 is 0 Å². The van der Waals surface area contributed by atoms with Crippen LogP contribution in [0.2, 0.25) is 0 Å². The van der Waals surface area contributed by atoms with Gasteiger partial charge in [-0.05, 0) is 39.2 Å². The minimum absolute atomic E-state index is 0.133. The lowest BCUT2D eigenvalue weighted by Gasteiger charge is -2.26. The number of piperidine rings is 1. The smallest absolute Gasteiger partial charge is 0.357 e. The summed E-state index contributed by atoms with van der Waals surface area (Å²) in [5.74, 6) is 0.249. The third-order valence-electron chi connectivity index (χ3n) is 2.83. The number of ether oxygens (including phenoxy) is 1. The predicted octanol–water partition coefficient (Wildman–Crippen LogP) is 2.03. The van der Waals surface area contributed by atoms with Gasteiger partial charge in [0.15, 0.2) is 5.69 Å². The Morgan fingerprint density at radius 3 is 2.72 bits per heavy atom. The highest BCUT2D eigenvalue weighted by atomic mass is 16.5. The average molecular weight is 249 g/mol. The number of esters is 1. The summed E-state index contributed by atoms with van der Waals surface area (Å²) >= 11 is 0. The van der Waals surface area contributed by atoms with Crippen molar-refractivity contribution in [3.8, 4) is 0 Å². The molecule has 1 aliphatic heterocycles. The van der Waals surface area contributed by atoms with E-state index >= 15 is 0 Å². The first kappa shape index (κ1) is 12.8. The third-order valence-corrected chi connectivity index (χ3v) is 2.83. The second-order valence-electron chi connectivity index (χ2n) is 4.74. The van der Waals surface area contributed by atoms with Crippen molar-refractivity contribution >= 4 is 11.9 Å². The molecule has 1 aromatic rings. The fourth-order valence-electron chi connectivity index (χ4n) is 1.98. The van der Waals surface area contributed by atoms with Crippen molar-refractivity contribution in [1.82, 2.24) is 9.97 Å². The third kappa shape index (κ3) is 3.18. The van der Waals surface area contributed by atoms with Crippen molar-refractivity contribution in [3.63, 3.8) is 0 Å². The standard InChI is InChI=1S/C13H19N3O2/c1-10(2)18-12(17)11-6-7-14-13(15-11)16-8-4-3-5-9-16/h6-7,10H,3-5,8-9H2,1-2H3. The lowest BCUT2D eigenvalue weighted by atomic mass is 10.1. The molecule has 0 unspecified atom stereocenters. The maximum absolute atomic E-state index is 11.8. The minimum atomic E-state index is -0.384. The van der Waals surface area contributed by atoms with Crippen LogP contribution in [0.15, 0.2) is 12.3 Å². The molecule has 1 saturated heterocycles. The van der Waals surface area contributed by atoms with E-state index in [1.165, 1.54) is 6.42 Å². The van der Waals surface area contributed by atoms with Gasteiger partial charge in [0.05, 0.1) is 6.10 Å². The van der Waals surface area contributed by atoms with Crippen LogP contribution in [0.5, 0.6) is 0 Å². The van der Waals surface area contributed by atoms with Crippen LogP contribution in [-0.4, -0.2) is 35.1 Å². The summed E-state index contributed by atoms with van der Waals surface area (Å²) in [7, 11) is 0. The molecule has 1 fully saturated rings. The Bertz CT molecular complexity index is 414. The van der Waals surface area contributed by atoms with Gasteiger partial charge in [-0.2, -0.15) is 0 Å². The minimum Gasteiger partial charge on any atom is -0.458 e. The molecule has 1 aliphatic rings. The first-order valence-electron chi connectivity index (χ1n) is 6.46. The van der Waals surface area contributed by atoms with Crippen molar-refractivity contribution in [2.45, 2.75) is 39.2 Å². The van der Waals surface area contributed by atoms with Crippen LogP contribution in [0.25, 0.3) is 0 Å². The number of carbonyl (C=O) groups is 1. The van der Waals surface area contributed by atoms with Gasteiger partial charge >= 0.3 is 5.97 Å². The Labute approximate surface area is 107 Å². The molecular formula is C13H19N3O2. The van der Waals surface area contributed by atoms with E-state index in [2.05, 4.69) is 14.9 Å². The maximum Gasteiger partial charge on any atom is 0.357 e. The highest BCUT2D eigenvalue weighted by molar-refractivity contribution is 5.87. The number of rotatable bonds is 3. The largest absolute Gasteiger partial charge is 0.458 e. The molecule has 0 atom stereocenters. The average Bonchev–Trinajstić information content (AvgIpc) is 2.39. The molecule has 2 heterocycles. The number of aromatic nitrogens is 2. The normalized spacial score (nSPS) is 15.8. The first-order valence-corrected chi connectivity index (χ1v) is 6.46. The topological polar surface area (TPSA) is 55.3 Å². The summed E-state index contributed by atoms with van der Waals surface area (Å²) in [5, 5.41) is 0. The first-order chi connectivity index (χ1) is 8.66. The van der Waals surface area contributed by atoms with E-state index in [4.69, 9.17) is 4.74 Å². The Kier molecular flexibility index (Phi) is 4.12. The Morgan fingerprint density at radius 1 is 1.33 bits per heavy atom. The monoisotopic (exact) mass is 249 g/mol. The van der Waals surface area contributed by atoms with Crippen molar-refractivity contribution in [2.24, 2.45) is 0 Å². The lowest BCUT2D eigenvalue weighted by molar-refractivity contribution is 0.0370. The van der Waals surface area contributed by atoms with E-state index in [1.54, 1.807) is 12.3 Å². The van der Waals surface area contributed by atoms with Crippen molar-refractivity contribution < 1.29 is 9.53 Å². The zero-order chi connectivity index (χ0) is 13.0. The number of hydrogen-bond donors (Lipinski definition) is 0.